The SMILES string of the molecule is NC(=O)c1ccc(Cn2cccc(C(F)(F)F)c2=O)cc1. The van der Waals surface area contributed by atoms with Crippen LogP contribution in [0, 0.1) is 0 Å². The van der Waals surface area contributed by atoms with Gasteiger partial charge in [0.1, 0.15) is 5.56 Å². The number of pyridine rings is 1. The van der Waals surface area contributed by atoms with Crippen LogP contribution in [0.1, 0.15) is 21.5 Å². The zero-order valence-corrected chi connectivity index (χ0v) is 10.7. The molecule has 0 unspecified atom stereocenters. The molecule has 2 N–H and O–H groups in total. The van der Waals surface area contributed by atoms with Gasteiger partial charge < -0.3 is 10.3 Å². The molecular formula is C14H11F3N2O2. The van der Waals surface area contributed by atoms with Gasteiger partial charge in [0, 0.05) is 11.8 Å². The topological polar surface area (TPSA) is 65.1 Å². The van der Waals surface area contributed by atoms with Crippen molar-refractivity contribution < 1.29 is 18.0 Å². The maximum atomic E-state index is 12.6. The fraction of sp³-hybridized carbons (Fsp3) is 0.143. The van der Waals surface area contributed by atoms with E-state index in [1.807, 2.05) is 0 Å². The van der Waals surface area contributed by atoms with E-state index < -0.39 is 23.2 Å². The molecule has 0 saturated heterocycles. The average Bonchev–Trinajstić information content (AvgIpc) is 2.40. The zero-order valence-electron chi connectivity index (χ0n) is 10.7. The third-order valence-corrected chi connectivity index (χ3v) is 2.92. The second-order valence-electron chi connectivity index (χ2n) is 4.41. The average molecular weight is 296 g/mol. The Hall–Kier alpha value is -2.57. The van der Waals surface area contributed by atoms with Crippen LogP contribution in [-0.4, -0.2) is 10.5 Å². The highest BCUT2D eigenvalue weighted by molar-refractivity contribution is 5.92. The van der Waals surface area contributed by atoms with E-state index >= 15 is 0 Å². The number of rotatable bonds is 3. The minimum atomic E-state index is -4.68. The number of nitrogens with zero attached hydrogens (tertiary/aromatic N) is 1. The second-order valence-corrected chi connectivity index (χ2v) is 4.41. The number of hydrogen-bond acceptors (Lipinski definition) is 2. The van der Waals surface area contributed by atoms with E-state index in [1.165, 1.54) is 36.5 Å². The predicted molar refractivity (Wildman–Crippen MR) is 69.8 cm³/mol. The van der Waals surface area contributed by atoms with Crippen molar-refractivity contribution in [3.8, 4) is 0 Å². The van der Waals surface area contributed by atoms with E-state index in [-0.39, 0.29) is 12.1 Å². The fourth-order valence-corrected chi connectivity index (χ4v) is 1.85. The summed E-state index contributed by atoms with van der Waals surface area (Å²) in [4.78, 5) is 22.7. The molecule has 21 heavy (non-hydrogen) atoms. The van der Waals surface area contributed by atoms with Gasteiger partial charge in [-0.3, -0.25) is 9.59 Å². The summed E-state index contributed by atoms with van der Waals surface area (Å²) in [6, 6.07) is 7.89. The number of alkyl halides is 3. The quantitative estimate of drug-likeness (QED) is 0.941. The second kappa shape index (κ2) is 5.43. The van der Waals surface area contributed by atoms with Crippen molar-refractivity contribution in [2.45, 2.75) is 12.7 Å². The summed E-state index contributed by atoms with van der Waals surface area (Å²) in [6.45, 7) is -0.0260. The van der Waals surface area contributed by atoms with Crippen LogP contribution in [0.15, 0.2) is 47.4 Å². The molecule has 0 aliphatic carbocycles. The maximum absolute atomic E-state index is 12.6. The Bertz CT molecular complexity index is 718. The maximum Gasteiger partial charge on any atom is 0.421 e. The monoisotopic (exact) mass is 296 g/mol. The van der Waals surface area contributed by atoms with Gasteiger partial charge in [0.2, 0.25) is 5.91 Å². The number of carbonyl (C=O) groups excluding carboxylic acids is 1. The molecule has 1 heterocycles. The lowest BCUT2D eigenvalue weighted by atomic mass is 10.1. The Morgan fingerprint density at radius 2 is 1.76 bits per heavy atom. The van der Waals surface area contributed by atoms with Crippen LogP contribution in [-0.2, 0) is 12.7 Å². The Balaban J connectivity index is 2.32. The number of aromatic nitrogens is 1. The van der Waals surface area contributed by atoms with Crippen molar-refractivity contribution in [1.82, 2.24) is 4.57 Å². The molecule has 2 rings (SSSR count). The van der Waals surface area contributed by atoms with Crippen LogP contribution in [0.3, 0.4) is 0 Å². The predicted octanol–water partition coefficient (Wildman–Crippen LogP) is 2.01. The highest BCUT2D eigenvalue weighted by atomic mass is 19.4. The molecule has 0 saturated carbocycles. The number of nitrogens with two attached hydrogens (primary N) is 1. The van der Waals surface area contributed by atoms with Crippen LogP contribution < -0.4 is 11.3 Å². The molecule has 1 aromatic carbocycles. The van der Waals surface area contributed by atoms with Crippen LogP contribution >= 0.6 is 0 Å². The zero-order chi connectivity index (χ0) is 15.6. The minimum absolute atomic E-state index is 0.0260. The highest BCUT2D eigenvalue weighted by Gasteiger charge is 2.34. The molecule has 4 nitrogen and oxygen atoms in total. The van der Waals surface area contributed by atoms with Gasteiger partial charge in [-0.1, -0.05) is 12.1 Å². The first-order chi connectivity index (χ1) is 9.79. The molecule has 2 aromatic rings. The summed E-state index contributed by atoms with van der Waals surface area (Å²) in [7, 11) is 0. The molecule has 110 valence electrons. The van der Waals surface area contributed by atoms with Gasteiger partial charge >= 0.3 is 6.18 Å². The molecule has 1 aromatic heterocycles. The van der Waals surface area contributed by atoms with Crippen LogP contribution in [0.25, 0.3) is 0 Å². The Morgan fingerprint density at radius 3 is 2.29 bits per heavy atom. The number of hydrogen-bond donors (Lipinski definition) is 1. The smallest absolute Gasteiger partial charge is 0.366 e. The Morgan fingerprint density at radius 1 is 1.14 bits per heavy atom. The highest BCUT2D eigenvalue weighted by Crippen LogP contribution is 2.26. The Kier molecular flexibility index (Phi) is 3.84. The van der Waals surface area contributed by atoms with Gasteiger partial charge in [-0.2, -0.15) is 13.2 Å². The van der Waals surface area contributed by atoms with Crippen LogP contribution in [0.4, 0.5) is 13.2 Å². The number of amides is 1. The summed E-state index contributed by atoms with van der Waals surface area (Å²) in [6.07, 6.45) is -3.41. The van der Waals surface area contributed by atoms with E-state index in [2.05, 4.69) is 0 Å². The van der Waals surface area contributed by atoms with Gasteiger partial charge in [0.15, 0.2) is 0 Å². The van der Waals surface area contributed by atoms with Crippen molar-refractivity contribution in [2.75, 3.05) is 0 Å². The van der Waals surface area contributed by atoms with Crippen molar-refractivity contribution in [1.29, 1.82) is 0 Å². The third-order valence-electron chi connectivity index (χ3n) is 2.92. The standard InChI is InChI=1S/C14H11F3N2O2/c15-14(16,17)11-2-1-7-19(13(11)21)8-9-3-5-10(6-4-9)12(18)20/h1-7H,8H2,(H2,18,20). The first kappa shape index (κ1) is 14.8. The molecule has 0 spiro atoms. The van der Waals surface area contributed by atoms with Gasteiger partial charge in [0.05, 0.1) is 6.54 Å². The number of carbonyl (C=O) groups is 1. The van der Waals surface area contributed by atoms with E-state index in [0.717, 1.165) is 10.6 Å². The summed E-state index contributed by atoms with van der Waals surface area (Å²) < 4.78 is 38.9. The van der Waals surface area contributed by atoms with Gasteiger partial charge in [0.25, 0.3) is 5.56 Å². The first-order valence-corrected chi connectivity index (χ1v) is 5.94. The molecule has 0 aliphatic rings. The number of halogens is 3. The third kappa shape index (κ3) is 3.31. The van der Waals surface area contributed by atoms with E-state index in [4.69, 9.17) is 5.73 Å². The summed E-state index contributed by atoms with van der Waals surface area (Å²) in [5.41, 5.74) is 3.64. The molecule has 0 fully saturated rings. The summed E-state index contributed by atoms with van der Waals surface area (Å²) in [5.74, 6) is -0.599. The lowest BCUT2D eigenvalue weighted by Gasteiger charge is -2.10. The van der Waals surface area contributed by atoms with Crippen LogP contribution in [0.2, 0.25) is 0 Å². The van der Waals surface area contributed by atoms with Crippen molar-refractivity contribution in [3.05, 3.63) is 69.6 Å². The molecule has 0 atom stereocenters. The van der Waals surface area contributed by atoms with E-state index in [1.54, 1.807) is 0 Å². The van der Waals surface area contributed by atoms with Gasteiger partial charge in [-0.25, -0.2) is 0 Å². The Labute approximate surface area is 117 Å². The van der Waals surface area contributed by atoms with Crippen LogP contribution in [0.5, 0.6) is 0 Å². The first-order valence-electron chi connectivity index (χ1n) is 5.94. The normalized spacial score (nSPS) is 11.4. The van der Waals surface area contributed by atoms with Crippen molar-refractivity contribution >= 4 is 5.91 Å². The van der Waals surface area contributed by atoms with E-state index in [9.17, 15) is 22.8 Å². The number of primary amides is 1. The molecule has 1 amide bonds. The van der Waals surface area contributed by atoms with Gasteiger partial charge in [-0.15, -0.1) is 0 Å². The largest absolute Gasteiger partial charge is 0.421 e. The summed E-state index contributed by atoms with van der Waals surface area (Å²) >= 11 is 0. The van der Waals surface area contributed by atoms with Crippen molar-refractivity contribution in [3.63, 3.8) is 0 Å². The lowest BCUT2D eigenvalue weighted by molar-refractivity contribution is -0.138. The number of benzene rings is 1. The fourth-order valence-electron chi connectivity index (χ4n) is 1.85. The lowest BCUT2D eigenvalue weighted by Crippen LogP contribution is -2.28. The molecule has 0 aliphatic heterocycles. The molecule has 0 bridgehead atoms. The molecular weight excluding hydrogens is 285 g/mol. The van der Waals surface area contributed by atoms with E-state index in [0.29, 0.717) is 5.56 Å². The summed E-state index contributed by atoms with van der Waals surface area (Å²) in [5, 5.41) is 0. The molecule has 7 heteroatoms. The van der Waals surface area contributed by atoms with Gasteiger partial charge in [-0.05, 0) is 29.8 Å². The molecule has 0 radical (unpaired) electrons. The minimum Gasteiger partial charge on any atom is -0.366 e. The van der Waals surface area contributed by atoms with Crippen molar-refractivity contribution in [2.24, 2.45) is 5.73 Å².